The Labute approximate surface area is 113 Å². The summed E-state index contributed by atoms with van der Waals surface area (Å²) < 4.78 is 29.5. The predicted molar refractivity (Wildman–Crippen MR) is 75.9 cm³/mol. The molecule has 0 fully saturated rings. The molecule has 0 spiro atoms. The number of hydrogen-bond donors (Lipinski definition) is 0. The fourth-order valence-electron chi connectivity index (χ4n) is 1.79. The highest BCUT2D eigenvalue weighted by molar-refractivity contribution is 7.61. The first kappa shape index (κ1) is 14.3. The summed E-state index contributed by atoms with van der Waals surface area (Å²) in [6, 6.07) is 9.22. The maximum Gasteiger partial charge on any atom is 0.396 e. The van der Waals surface area contributed by atoms with E-state index in [4.69, 9.17) is 13.5 Å². The summed E-state index contributed by atoms with van der Waals surface area (Å²) in [6.07, 6.45) is -0.421. The molecule has 5 heteroatoms. The Balaban J connectivity index is 2.44. The van der Waals surface area contributed by atoms with E-state index in [1.807, 2.05) is 52.0 Å². The Hall–Kier alpha value is -1.09. The lowest BCUT2D eigenvalue weighted by molar-refractivity contribution is 0.147. The second-order valence-corrected chi connectivity index (χ2v) is 6.79. The lowest BCUT2D eigenvalue weighted by Gasteiger charge is -2.20. The summed E-state index contributed by atoms with van der Waals surface area (Å²) in [5.74, 6) is 0. The Morgan fingerprint density at radius 3 is 2.16 bits per heavy atom. The summed E-state index contributed by atoms with van der Waals surface area (Å²) in [4.78, 5) is 0. The van der Waals surface area contributed by atoms with Gasteiger partial charge in [-0.3, -0.25) is 4.57 Å². The molecule has 1 aromatic heterocycles. The highest BCUT2D eigenvalue weighted by atomic mass is 31.2. The zero-order valence-electron chi connectivity index (χ0n) is 11.6. The Morgan fingerprint density at radius 2 is 1.63 bits per heavy atom. The molecule has 1 heterocycles. The van der Waals surface area contributed by atoms with Crippen molar-refractivity contribution in [3.8, 4) is 0 Å². The van der Waals surface area contributed by atoms with Crippen molar-refractivity contribution in [2.75, 3.05) is 0 Å². The third-order valence-electron chi connectivity index (χ3n) is 2.38. The first-order valence-electron chi connectivity index (χ1n) is 6.37. The van der Waals surface area contributed by atoms with E-state index in [2.05, 4.69) is 0 Å². The highest BCUT2D eigenvalue weighted by Gasteiger charge is 2.34. The zero-order chi connectivity index (χ0) is 14.0. The Kier molecular flexibility index (Phi) is 4.14. The van der Waals surface area contributed by atoms with E-state index in [9.17, 15) is 4.57 Å². The van der Waals surface area contributed by atoms with Crippen LogP contribution < -0.4 is 5.50 Å². The Bertz CT molecular complexity index is 553. The van der Waals surface area contributed by atoms with Gasteiger partial charge >= 0.3 is 7.60 Å². The van der Waals surface area contributed by atoms with Crippen LogP contribution in [0.1, 0.15) is 27.7 Å². The van der Waals surface area contributed by atoms with Crippen molar-refractivity contribution in [1.82, 2.24) is 0 Å². The molecule has 0 aliphatic rings. The molecule has 0 bridgehead atoms. The van der Waals surface area contributed by atoms with Gasteiger partial charge in [0.2, 0.25) is 5.50 Å². The van der Waals surface area contributed by atoms with E-state index >= 15 is 0 Å². The predicted octanol–water partition coefficient (Wildman–Crippen LogP) is 4.10. The van der Waals surface area contributed by atoms with Crippen molar-refractivity contribution in [3.63, 3.8) is 0 Å². The number of rotatable bonds is 5. The normalized spacial score (nSPS) is 12.7. The molecule has 0 N–H and O–H groups in total. The minimum Gasteiger partial charge on any atom is -0.448 e. The van der Waals surface area contributed by atoms with Crippen molar-refractivity contribution in [2.45, 2.75) is 39.9 Å². The molecular formula is C14H19O4P. The van der Waals surface area contributed by atoms with Crippen LogP contribution in [0.2, 0.25) is 0 Å². The third-order valence-corrected chi connectivity index (χ3v) is 4.54. The lowest BCUT2D eigenvalue weighted by atomic mass is 10.3. The largest absolute Gasteiger partial charge is 0.448 e. The monoisotopic (exact) mass is 282 g/mol. The molecule has 0 atom stereocenters. The molecule has 0 unspecified atom stereocenters. The third kappa shape index (κ3) is 3.27. The number of hydrogen-bond acceptors (Lipinski definition) is 4. The number of benzene rings is 1. The smallest absolute Gasteiger partial charge is 0.396 e. The van der Waals surface area contributed by atoms with E-state index in [0.29, 0.717) is 5.58 Å². The molecule has 2 rings (SSSR count). The van der Waals surface area contributed by atoms with Crippen molar-refractivity contribution in [1.29, 1.82) is 0 Å². The average molecular weight is 282 g/mol. The number of para-hydroxylation sites is 1. The van der Waals surface area contributed by atoms with Gasteiger partial charge in [0.1, 0.15) is 5.58 Å². The molecule has 0 aliphatic carbocycles. The van der Waals surface area contributed by atoms with Gasteiger partial charge in [-0.2, -0.15) is 0 Å². The van der Waals surface area contributed by atoms with E-state index in [-0.39, 0.29) is 17.7 Å². The molecule has 0 saturated heterocycles. The van der Waals surface area contributed by atoms with Crippen LogP contribution in [0.25, 0.3) is 11.0 Å². The molecule has 19 heavy (non-hydrogen) atoms. The quantitative estimate of drug-likeness (QED) is 0.775. The first-order valence-corrected chi connectivity index (χ1v) is 7.91. The van der Waals surface area contributed by atoms with Gasteiger partial charge in [0.05, 0.1) is 12.2 Å². The SMILES string of the molecule is CC(C)OP(=O)(OC(C)C)c1cc2ccccc2o1. The second-order valence-electron chi connectivity index (χ2n) is 4.93. The highest BCUT2D eigenvalue weighted by Crippen LogP contribution is 2.50. The van der Waals surface area contributed by atoms with E-state index < -0.39 is 7.60 Å². The topological polar surface area (TPSA) is 48.7 Å². The van der Waals surface area contributed by atoms with E-state index in [0.717, 1.165) is 5.39 Å². The van der Waals surface area contributed by atoms with Gasteiger partial charge in [0, 0.05) is 11.5 Å². The van der Waals surface area contributed by atoms with Gasteiger partial charge in [-0.25, -0.2) is 0 Å². The van der Waals surface area contributed by atoms with Crippen LogP contribution in [0.4, 0.5) is 0 Å². The van der Waals surface area contributed by atoms with Crippen LogP contribution in [0.15, 0.2) is 34.7 Å². The van der Waals surface area contributed by atoms with Gasteiger partial charge in [-0.15, -0.1) is 0 Å². The molecule has 4 nitrogen and oxygen atoms in total. The molecule has 0 amide bonds. The average Bonchev–Trinajstić information content (AvgIpc) is 2.70. The van der Waals surface area contributed by atoms with Gasteiger partial charge < -0.3 is 13.5 Å². The molecule has 1 aromatic carbocycles. The molecule has 104 valence electrons. The summed E-state index contributed by atoms with van der Waals surface area (Å²) in [7, 11) is -3.42. The van der Waals surface area contributed by atoms with Gasteiger partial charge in [0.25, 0.3) is 0 Å². The van der Waals surface area contributed by atoms with Gasteiger partial charge in [-0.1, -0.05) is 18.2 Å². The van der Waals surface area contributed by atoms with Crippen LogP contribution in [0.3, 0.4) is 0 Å². The minimum atomic E-state index is -3.42. The maximum absolute atomic E-state index is 12.9. The summed E-state index contributed by atoms with van der Waals surface area (Å²) >= 11 is 0. The molecule has 0 saturated carbocycles. The van der Waals surface area contributed by atoms with E-state index in [1.165, 1.54) is 0 Å². The summed E-state index contributed by atoms with van der Waals surface area (Å²) in [5, 5.41) is 0.887. The Morgan fingerprint density at radius 1 is 1.05 bits per heavy atom. The fraction of sp³-hybridized carbons (Fsp3) is 0.429. The van der Waals surface area contributed by atoms with Crippen LogP contribution in [-0.4, -0.2) is 12.2 Å². The minimum absolute atomic E-state index is 0.210. The van der Waals surface area contributed by atoms with Crippen LogP contribution in [0.5, 0.6) is 0 Å². The number of furan rings is 1. The first-order chi connectivity index (χ1) is 8.90. The van der Waals surface area contributed by atoms with Crippen molar-refractivity contribution < 1.29 is 18.0 Å². The van der Waals surface area contributed by atoms with E-state index in [1.54, 1.807) is 6.07 Å². The summed E-state index contributed by atoms with van der Waals surface area (Å²) in [6.45, 7) is 7.27. The van der Waals surface area contributed by atoms with Crippen LogP contribution in [0, 0.1) is 0 Å². The van der Waals surface area contributed by atoms with Crippen LogP contribution >= 0.6 is 7.60 Å². The lowest BCUT2D eigenvalue weighted by Crippen LogP contribution is -2.15. The van der Waals surface area contributed by atoms with Crippen molar-refractivity contribution in [2.24, 2.45) is 0 Å². The fourth-order valence-corrected chi connectivity index (χ4v) is 3.66. The zero-order valence-corrected chi connectivity index (χ0v) is 12.5. The van der Waals surface area contributed by atoms with Crippen LogP contribution in [-0.2, 0) is 13.6 Å². The standard InChI is InChI=1S/C14H19O4P/c1-10(2)17-19(15,18-11(3)4)14-9-12-7-5-6-8-13(12)16-14/h5-11H,1-4H3. The molecule has 0 aliphatic heterocycles. The van der Waals surface area contributed by atoms with Gasteiger partial charge in [-0.05, 0) is 33.8 Å². The molecule has 2 aromatic rings. The molecule has 0 radical (unpaired) electrons. The second kappa shape index (κ2) is 5.49. The van der Waals surface area contributed by atoms with Gasteiger partial charge in [0.15, 0.2) is 0 Å². The van der Waals surface area contributed by atoms with Crippen molar-refractivity contribution >= 4 is 24.1 Å². The van der Waals surface area contributed by atoms with Crippen molar-refractivity contribution in [3.05, 3.63) is 30.3 Å². The maximum atomic E-state index is 12.9. The summed E-state index contributed by atoms with van der Waals surface area (Å²) in [5.41, 5.74) is 0.938. The molecular weight excluding hydrogens is 263 g/mol. The number of fused-ring (bicyclic) bond motifs is 1.